The summed E-state index contributed by atoms with van der Waals surface area (Å²) in [6.45, 7) is 3.77. The Labute approximate surface area is 94.3 Å². The van der Waals surface area contributed by atoms with E-state index in [2.05, 4.69) is 10.3 Å². The van der Waals surface area contributed by atoms with Gasteiger partial charge in [-0.2, -0.15) is 5.26 Å². The molecule has 5 nitrogen and oxygen atoms in total. The van der Waals surface area contributed by atoms with Crippen molar-refractivity contribution in [1.82, 2.24) is 4.98 Å². The summed E-state index contributed by atoms with van der Waals surface area (Å²) in [5.41, 5.74) is 5.75. The molecule has 1 heterocycles. The molecule has 5 heteroatoms. The second-order valence-electron chi connectivity index (χ2n) is 3.81. The van der Waals surface area contributed by atoms with Gasteiger partial charge in [0.15, 0.2) is 0 Å². The Hall–Kier alpha value is -2.09. The van der Waals surface area contributed by atoms with Gasteiger partial charge in [0.1, 0.15) is 11.9 Å². The Morgan fingerprint density at radius 3 is 2.81 bits per heavy atom. The predicted octanol–water partition coefficient (Wildman–Crippen LogP) is 0.875. The number of anilines is 1. The number of nitrogens with one attached hydrogen (secondary N) is 1. The SMILES string of the molecule is CC(C)C(Nc1cc(C#N)ccn1)C(N)=O. The lowest BCUT2D eigenvalue weighted by Crippen LogP contribution is -2.39. The van der Waals surface area contributed by atoms with Gasteiger partial charge in [0, 0.05) is 6.20 Å². The summed E-state index contributed by atoms with van der Waals surface area (Å²) in [7, 11) is 0. The second-order valence-corrected chi connectivity index (χ2v) is 3.81. The highest BCUT2D eigenvalue weighted by Crippen LogP contribution is 2.11. The van der Waals surface area contributed by atoms with Crippen molar-refractivity contribution in [3.05, 3.63) is 23.9 Å². The lowest BCUT2D eigenvalue weighted by molar-refractivity contribution is -0.119. The van der Waals surface area contributed by atoms with Crippen LogP contribution in [0.5, 0.6) is 0 Å². The van der Waals surface area contributed by atoms with Gasteiger partial charge in [-0.05, 0) is 18.1 Å². The molecule has 1 unspecified atom stereocenters. The molecule has 1 amide bonds. The fraction of sp³-hybridized carbons (Fsp3) is 0.364. The average Bonchev–Trinajstić information content (AvgIpc) is 2.25. The van der Waals surface area contributed by atoms with E-state index in [1.165, 1.54) is 6.20 Å². The summed E-state index contributed by atoms with van der Waals surface area (Å²) in [4.78, 5) is 15.2. The van der Waals surface area contributed by atoms with Crippen molar-refractivity contribution in [2.45, 2.75) is 19.9 Å². The molecule has 1 aromatic rings. The minimum Gasteiger partial charge on any atom is -0.368 e. The monoisotopic (exact) mass is 218 g/mol. The van der Waals surface area contributed by atoms with E-state index in [0.29, 0.717) is 11.4 Å². The van der Waals surface area contributed by atoms with Crippen LogP contribution in [-0.4, -0.2) is 16.9 Å². The quantitative estimate of drug-likeness (QED) is 0.784. The number of primary amides is 1. The number of aromatic nitrogens is 1. The lowest BCUT2D eigenvalue weighted by atomic mass is 10.0. The summed E-state index contributed by atoms with van der Waals surface area (Å²) in [5, 5.41) is 11.6. The van der Waals surface area contributed by atoms with Crippen LogP contribution in [0.4, 0.5) is 5.82 Å². The summed E-state index contributed by atoms with van der Waals surface area (Å²) in [6, 6.07) is 4.70. The molecule has 84 valence electrons. The Kier molecular flexibility index (Phi) is 3.84. The van der Waals surface area contributed by atoms with E-state index in [0.717, 1.165) is 0 Å². The molecule has 3 N–H and O–H groups in total. The number of hydrogen-bond acceptors (Lipinski definition) is 4. The van der Waals surface area contributed by atoms with Crippen molar-refractivity contribution in [3.63, 3.8) is 0 Å². The fourth-order valence-corrected chi connectivity index (χ4v) is 1.30. The molecular formula is C11H14N4O. The Morgan fingerprint density at radius 1 is 1.62 bits per heavy atom. The van der Waals surface area contributed by atoms with Gasteiger partial charge >= 0.3 is 0 Å². The molecule has 1 rings (SSSR count). The van der Waals surface area contributed by atoms with Crippen LogP contribution in [0.15, 0.2) is 18.3 Å². The van der Waals surface area contributed by atoms with Gasteiger partial charge in [-0.25, -0.2) is 4.98 Å². The lowest BCUT2D eigenvalue weighted by Gasteiger charge is -2.19. The number of hydrogen-bond donors (Lipinski definition) is 2. The zero-order chi connectivity index (χ0) is 12.1. The van der Waals surface area contributed by atoms with Crippen LogP contribution in [-0.2, 0) is 4.79 Å². The van der Waals surface area contributed by atoms with Crippen LogP contribution >= 0.6 is 0 Å². The van der Waals surface area contributed by atoms with Gasteiger partial charge in [-0.3, -0.25) is 4.79 Å². The molecule has 0 bridgehead atoms. The molecule has 0 radical (unpaired) electrons. The summed E-state index contributed by atoms with van der Waals surface area (Å²) in [6.07, 6.45) is 1.51. The molecule has 0 spiro atoms. The van der Waals surface area contributed by atoms with Crippen molar-refractivity contribution in [2.75, 3.05) is 5.32 Å². The van der Waals surface area contributed by atoms with E-state index in [-0.39, 0.29) is 5.92 Å². The maximum atomic E-state index is 11.2. The van der Waals surface area contributed by atoms with Gasteiger partial charge in [0.25, 0.3) is 0 Å². The number of nitrogens with two attached hydrogens (primary N) is 1. The average molecular weight is 218 g/mol. The molecule has 0 aliphatic heterocycles. The number of rotatable bonds is 4. The van der Waals surface area contributed by atoms with E-state index < -0.39 is 11.9 Å². The van der Waals surface area contributed by atoms with E-state index in [1.807, 2.05) is 19.9 Å². The van der Waals surface area contributed by atoms with Crippen LogP contribution < -0.4 is 11.1 Å². The maximum Gasteiger partial charge on any atom is 0.240 e. The smallest absolute Gasteiger partial charge is 0.240 e. The summed E-state index contributed by atoms with van der Waals surface area (Å²) >= 11 is 0. The third-order valence-electron chi connectivity index (χ3n) is 2.17. The largest absolute Gasteiger partial charge is 0.368 e. The molecule has 0 saturated heterocycles. The molecule has 1 atom stereocenters. The van der Waals surface area contributed by atoms with Crippen molar-refractivity contribution < 1.29 is 4.79 Å². The number of carbonyl (C=O) groups is 1. The van der Waals surface area contributed by atoms with Gasteiger partial charge in [0.05, 0.1) is 11.6 Å². The van der Waals surface area contributed by atoms with Crippen LogP contribution in [0.25, 0.3) is 0 Å². The number of nitriles is 1. The molecule has 16 heavy (non-hydrogen) atoms. The molecule has 0 fully saturated rings. The zero-order valence-electron chi connectivity index (χ0n) is 9.27. The summed E-state index contributed by atoms with van der Waals surface area (Å²) < 4.78 is 0. The number of pyridine rings is 1. The Morgan fingerprint density at radius 2 is 2.31 bits per heavy atom. The normalized spacial score (nSPS) is 11.9. The van der Waals surface area contributed by atoms with Crippen molar-refractivity contribution in [3.8, 4) is 6.07 Å². The topological polar surface area (TPSA) is 91.8 Å². The van der Waals surface area contributed by atoms with Gasteiger partial charge in [0.2, 0.25) is 5.91 Å². The minimum absolute atomic E-state index is 0.0602. The molecule has 1 aromatic heterocycles. The summed E-state index contributed by atoms with van der Waals surface area (Å²) in [5.74, 6) is 0.112. The van der Waals surface area contributed by atoms with Crippen molar-refractivity contribution >= 4 is 11.7 Å². The number of nitrogens with zero attached hydrogens (tertiary/aromatic N) is 2. The zero-order valence-corrected chi connectivity index (χ0v) is 9.27. The van der Waals surface area contributed by atoms with Gasteiger partial charge in [-0.15, -0.1) is 0 Å². The highest BCUT2D eigenvalue weighted by molar-refractivity contribution is 5.82. The van der Waals surface area contributed by atoms with Crippen LogP contribution in [0.2, 0.25) is 0 Å². The molecule has 0 aliphatic rings. The maximum absolute atomic E-state index is 11.2. The fourth-order valence-electron chi connectivity index (χ4n) is 1.30. The van der Waals surface area contributed by atoms with E-state index in [1.54, 1.807) is 12.1 Å². The third kappa shape index (κ3) is 2.95. The number of carbonyl (C=O) groups excluding carboxylic acids is 1. The highest BCUT2D eigenvalue weighted by atomic mass is 16.1. The number of amides is 1. The molecular weight excluding hydrogens is 204 g/mol. The molecule has 0 saturated carbocycles. The van der Waals surface area contributed by atoms with Crippen LogP contribution in [0.3, 0.4) is 0 Å². The highest BCUT2D eigenvalue weighted by Gasteiger charge is 2.19. The van der Waals surface area contributed by atoms with E-state index in [4.69, 9.17) is 11.0 Å². The molecule has 0 aliphatic carbocycles. The van der Waals surface area contributed by atoms with E-state index >= 15 is 0 Å². The van der Waals surface area contributed by atoms with E-state index in [9.17, 15) is 4.79 Å². The predicted molar refractivity (Wildman–Crippen MR) is 60.4 cm³/mol. The van der Waals surface area contributed by atoms with Gasteiger partial charge in [-0.1, -0.05) is 13.8 Å². The first-order valence-corrected chi connectivity index (χ1v) is 4.96. The minimum atomic E-state index is -0.485. The standard InChI is InChI=1S/C11H14N4O/c1-7(2)10(11(13)16)15-9-5-8(6-12)3-4-14-9/h3-5,7,10H,1-2H3,(H2,13,16)(H,14,15). The third-order valence-corrected chi connectivity index (χ3v) is 2.17. The Bertz CT molecular complexity index is 422. The first kappa shape index (κ1) is 12.0. The van der Waals surface area contributed by atoms with Crippen LogP contribution in [0.1, 0.15) is 19.4 Å². The van der Waals surface area contributed by atoms with Crippen LogP contribution in [0, 0.1) is 17.2 Å². The van der Waals surface area contributed by atoms with Crippen molar-refractivity contribution in [2.24, 2.45) is 11.7 Å². The second kappa shape index (κ2) is 5.12. The van der Waals surface area contributed by atoms with Crippen molar-refractivity contribution in [1.29, 1.82) is 5.26 Å². The Balaban J connectivity index is 2.86. The molecule has 0 aromatic carbocycles. The first-order valence-electron chi connectivity index (χ1n) is 4.96. The first-order chi connectivity index (χ1) is 7.54. The van der Waals surface area contributed by atoms with Gasteiger partial charge < -0.3 is 11.1 Å².